The number of amides is 1. The van der Waals surface area contributed by atoms with Gasteiger partial charge in [0.2, 0.25) is 5.91 Å². The van der Waals surface area contributed by atoms with E-state index in [1.165, 1.54) is 0 Å². The number of para-hydroxylation sites is 1. The summed E-state index contributed by atoms with van der Waals surface area (Å²) in [4.78, 5) is 12.4. The summed E-state index contributed by atoms with van der Waals surface area (Å²) in [5, 5.41) is 11.1. The molecule has 4 rings (SSSR count). The van der Waals surface area contributed by atoms with Crippen LogP contribution in [0.25, 0.3) is 5.69 Å². The van der Waals surface area contributed by atoms with Gasteiger partial charge >= 0.3 is 0 Å². The zero-order valence-electron chi connectivity index (χ0n) is 19.2. The van der Waals surface area contributed by atoms with Crippen molar-refractivity contribution in [1.82, 2.24) is 14.8 Å². The van der Waals surface area contributed by atoms with Crippen LogP contribution in [0.2, 0.25) is 0 Å². The van der Waals surface area contributed by atoms with Gasteiger partial charge in [0.1, 0.15) is 11.5 Å². The molecule has 0 aliphatic carbocycles. The van der Waals surface area contributed by atoms with Crippen LogP contribution in [-0.2, 0) is 4.79 Å². The Hall–Kier alpha value is -3.99. The minimum atomic E-state index is -1.65. The fourth-order valence-electron chi connectivity index (χ4n) is 3.31. The maximum Gasteiger partial charge on any atom is 0.234 e. The van der Waals surface area contributed by atoms with E-state index < -0.39 is 35.2 Å². The van der Waals surface area contributed by atoms with Crippen molar-refractivity contribution in [2.75, 3.05) is 18.2 Å². The Kier molecular flexibility index (Phi) is 7.79. The second kappa shape index (κ2) is 11.2. The molecule has 4 aromatic rings. The van der Waals surface area contributed by atoms with Gasteiger partial charge in [0.25, 0.3) is 0 Å². The van der Waals surface area contributed by atoms with Gasteiger partial charge in [-0.05, 0) is 55.5 Å². The Morgan fingerprint density at radius 3 is 2.36 bits per heavy atom. The predicted octanol–water partition coefficient (Wildman–Crippen LogP) is 5.56. The van der Waals surface area contributed by atoms with E-state index in [1.807, 2.05) is 37.3 Å². The summed E-state index contributed by atoms with van der Waals surface area (Å²) in [7, 11) is 1.58. The number of thioether (sulfide) groups is 1. The number of carbonyl (C=O) groups excluding carboxylic acids is 1. The normalized spacial score (nSPS) is 11.7. The molecule has 7 nitrogen and oxygen atoms in total. The molecule has 1 unspecified atom stereocenters. The van der Waals surface area contributed by atoms with Crippen molar-refractivity contribution in [2.24, 2.45) is 0 Å². The van der Waals surface area contributed by atoms with E-state index in [2.05, 4.69) is 15.5 Å². The minimum absolute atomic E-state index is 0.183. The molecule has 0 spiro atoms. The number of hydrogen-bond acceptors (Lipinski definition) is 6. The first kappa shape index (κ1) is 25.1. The third kappa shape index (κ3) is 5.62. The van der Waals surface area contributed by atoms with Crippen LogP contribution in [0.4, 0.5) is 18.9 Å². The van der Waals surface area contributed by atoms with E-state index in [0.29, 0.717) is 22.5 Å². The van der Waals surface area contributed by atoms with E-state index in [0.717, 1.165) is 29.6 Å². The van der Waals surface area contributed by atoms with Gasteiger partial charge in [-0.2, -0.15) is 0 Å². The summed E-state index contributed by atoms with van der Waals surface area (Å²) in [6.45, 7) is 1.82. The number of methoxy groups -OCH3 is 1. The standard InChI is InChI=1S/C25H21F3N4O3S/c1-15(35-18-10-8-17(34-2)9-11-18)24-30-31-25(32(24)16-6-4-3-5-7-16)36-14-21(33)29-20-13-12-19(26)22(27)23(20)28/h3-13,15H,14H2,1-2H3,(H,29,33). The number of benzene rings is 3. The van der Waals surface area contributed by atoms with Crippen molar-refractivity contribution in [2.45, 2.75) is 18.2 Å². The number of halogens is 3. The molecule has 0 aliphatic rings. The Labute approximate surface area is 209 Å². The third-order valence-electron chi connectivity index (χ3n) is 5.05. The molecule has 1 N–H and O–H groups in total. The van der Waals surface area contributed by atoms with Crippen molar-refractivity contribution < 1.29 is 27.4 Å². The van der Waals surface area contributed by atoms with Crippen molar-refractivity contribution in [1.29, 1.82) is 0 Å². The van der Waals surface area contributed by atoms with Crippen LogP contribution in [0.1, 0.15) is 18.9 Å². The lowest BCUT2D eigenvalue weighted by Gasteiger charge is -2.17. The maximum absolute atomic E-state index is 13.9. The molecule has 1 aromatic heterocycles. The van der Waals surface area contributed by atoms with Crippen LogP contribution in [0.3, 0.4) is 0 Å². The predicted molar refractivity (Wildman–Crippen MR) is 129 cm³/mol. The number of nitrogens with zero attached hydrogens (tertiary/aromatic N) is 3. The number of anilines is 1. The van der Waals surface area contributed by atoms with E-state index >= 15 is 0 Å². The second-order valence-corrected chi connectivity index (χ2v) is 8.45. The van der Waals surface area contributed by atoms with Crippen LogP contribution in [-0.4, -0.2) is 33.5 Å². The molecule has 186 valence electrons. The van der Waals surface area contributed by atoms with Gasteiger partial charge in [0.05, 0.1) is 18.6 Å². The number of ether oxygens (including phenoxy) is 2. The number of nitrogens with one attached hydrogen (secondary N) is 1. The topological polar surface area (TPSA) is 78.3 Å². The monoisotopic (exact) mass is 514 g/mol. The summed E-state index contributed by atoms with van der Waals surface area (Å²) in [5.74, 6) is -3.47. The highest BCUT2D eigenvalue weighted by Crippen LogP contribution is 2.29. The molecule has 0 fully saturated rings. The molecule has 3 aromatic carbocycles. The molecule has 0 saturated carbocycles. The summed E-state index contributed by atoms with van der Waals surface area (Å²) < 4.78 is 53.5. The maximum atomic E-state index is 13.9. The smallest absolute Gasteiger partial charge is 0.234 e. The van der Waals surface area contributed by atoms with Crippen LogP contribution in [0.15, 0.2) is 71.9 Å². The van der Waals surface area contributed by atoms with E-state index in [1.54, 1.807) is 35.9 Å². The van der Waals surface area contributed by atoms with E-state index in [-0.39, 0.29) is 5.75 Å². The SMILES string of the molecule is COc1ccc(OC(C)c2nnc(SCC(=O)Nc3ccc(F)c(F)c3F)n2-c2ccccc2)cc1. The third-order valence-corrected chi connectivity index (χ3v) is 5.98. The molecule has 0 saturated heterocycles. The molecule has 1 atom stereocenters. The second-order valence-electron chi connectivity index (χ2n) is 7.51. The van der Waals surface area contributed by atoms with Crippen molar-refractivity contribution in [3.05, 3.63) is 90.0 Å². The van der Waals surface area contributed by atoms with Gasteiger partial charge in [-0.1, -0.05) is 30.0 Å². The quantitative estimate of drug-likeness (QED) is 0.233. The zero-order valence-corrected chi connectivity index (χ0v) is 20.1. The highest BCUT2D eigenvalue weighted by molar-refractivity contribution is 7.99. The van der Waals surface area contributed by atoms with Crippen molar-refractivity contribution in [3.63, 3.8) is 0 Å². The number of hydrogen-bond donors (Lipinski definition) is 1. The molecule has 1 heterocycles. The average Bonchev–Trinajstić information content (AvgIpc) is 3.33. The zero-order chi connectivity index (χ0) is 25.7. The summed E-state index contributed by atoms with van der Waals surface area (Å²) in [5.41, 5.74) is 0.295. The first-order chi connectivity index (χ1) is 17.4. The molecule has 11 heteroatoms. The van der Waals surface area contributed by atoms with Crippen molar-refractivity contribution >= 4 is 23.4 Å². The lowest BCUT2D eigenvalue weighted by Crippen LogP contribution is -2.16. The van der Waals surface area contributed by atoms with Gasteiger partial charge in [0.15, 0.2) is 34.5 Å². The van der Waals surface area contributed by atoms with Crippen molar-refractivity contribution in [3.8, 4) is 17.2 Å². The lowest BCUT2D eigenvalue weighted by atomic mass is 10.3. The van der Waals surface area contributed by atoms with Crippen LogP contribution in [0, 0.1) is 17.5 Å². The van der Waals surface area contributed by atoms with Crippen LogP contribution >= 0.6 is 11.8 Å². The first-order valence-corrected chi connectivity index (χ1v) is 11.7. The molecule has 1 amide bonds. The van der Waals surface area contributed by atoms with Crippen LogP contribution in [0.5, 0.6) is 11.5 Å². The molecular formula is C25H21F3N4O3S. The van der Waals surface area contributed by atoms with Crippen LogP contribution < -0.4 is 14.8 Å². The summed E-state index contributed by atoms with van der Waals surface area (Å²) >= 11 is 1.05. The van der Waals surface area contributed by atoms with Gasteiger partial charge in [-0.15, -0.1) is 10.2 Å². The summed E-state index contributed by atoms with van der Waals surface area (Å²) in [6.07, 6.45) is -0.509. The van der Waals surface area contributed by atoms with Gasteiger partial charge in [0, 0.05) is 5.69 Å². The lowest BCUT2D eigenvalue weighted by molar-refractivity contribution is -0.113. The summed E-state index contributed by atoms with van der Waals surface area (Å²) in [6, 6.07) is 18.1. The fourth-order valence-corrected chi connectivity index (χ4v) is 4.07. The Balaban J connectivity index is 1.53. The average molecular weight is 515 g/mol. The minimum Gasteiger partial charge on any atom is -0.497 e. The number of carbonyl (C=O) groups is 1. The van der Waals surface area contributed by atoms with Gasteiger partial charge in [-0.25, -0.2) is 13.2 Å². The molecule has 36 heavy (non-hydrogen) atoms. The highest BCUT2D eigenvalue weighted by atomic mass is 32.2. The Morgan fingerprint density at radius 1 is 0.972 bits per heavy atom. The fraction of sp³-hybridized carbons (Fsp3) is 0.160. The van der Waals surface area contributed by atoms with E-state index in [9.17, 15) is 18.0 Å². The highest BCUT2D eigenvalue weighted by Gasteiger charge is 2.22. The number of rotatable bonds is 9. The van der Waals surface area contributed by atoms with Gasteiger partial charge < -0.3 is 14.8 Å². The molecule has 0 radical (unpaired) electrons. The van der Waals surface area contributed by atoms with Gasteiger partial charge in [-0.3, -0.25) is 9.36 Å². The Bertz CT molecular complexity index is 1350. The first-order valence-electron chi connectivity index (χ1n) is 10.7. The largest absolute Gasteiger partial charge is 0.497 e. The molecule has 0 bridgehead atoms. The number of aromatic nitrogens is 3. The Morgan fingerprint density at radius 2 is 1.67 bits per heavy atom. The molecule has 0 aliphatic heterocycles. The van der Waals surface area contributed by atoms with E-state index in [4.69, 9.17) is 9.47 Å². The molecular weight excluding hydrogens is 493 g/mol.